The summed E-state index contributed by atoms with van der Waals surface area (Å²) in [5, 5.41) is 2.27. The minimum Gasteiger partial charge on any atom is -0.361 e. The fraction of sp³-hybridized carbons (Fsp3) is 0.636. The van der Waals surface area contributed by atoms with E-state index in [1.165, 1.54) is 19.2 Å². The maximum absolute atomic E-state index is 12.0. The monoisotopic (exact) mass is 245 g/mol. The Morgan fingerprint density at radius 2 is 1.94 bits per heavy atom. The van der Waals surface area contributed by atoms with Gasteiger partial charge in [0.2, 0.25) is 0 Å². The second-order valence-electron chi connectivity index (χ2n) is 4.28. The predicted octanol–water partition coefficient (Wildman–Crippen LogP) is 3.11. The van der Waals surface area contributed by atoms with Gasteiger partial charge in [0.25, 0.3) is 0 Å². The second kappa shape index (κ2) is 4.89. The summed E-state index contributed by atoms with van der Waals surface area (Å²) >= 11 is 0. The highest BCUT2D eigenvalue weighted by Gasteiger charge is 2.27. The van der Waals surface area contributed by atoms with E-state index < -0.39 is 12.7 Å². The van der Waals surface area contributed by atoms with Gasteiger partial charge < -0.3 is 5.32 Å². The molecule has 0 saturated heterocycles. The number of anilines is 1. The molecule has 17 heavy (non-hydrogen) atoms. The van der Waals surface area contributed by atoms with Crippen LogP contribution < -0.4 is 5.32 Å². The van der Waals surface area contributed by atoms with Crippen molar-refractivity contribution in [3.05, 3.63) is 18.1 Å². The normalized spacial score (nSPS) is 17.4. The maximum atomic E-state index is 12.0. The van der Waals surface area contributed by atoms with Gasteiger partial charge in [-0.25, -0.2) is 9.97 Å². The first-order valence-corrected chi connectivity index (χ1v) is 5.67. The molecule has 1 N–H and O–H groups in total. The summed E-state index contributed by atoms with van der Waals surface area (Å²) in [5.74, 6) is 0.628. The van der Waals surface area contributed by atoms with Crippen LogP contribution in [0.15, 0.2) is 12.4 Å². The van der Waals surface area contributed by atoms with Crippen molar-refractivity contribution < 1.29 is 13.2 Å². The smallest absolute Gasteiger partial charge is 0.361 e. The first-order chi connectivity index (χ1) is 8.04. The lowest BCUT2D eigenvalue weighted by molar-refractivity contribution is -0.115. The minimum atomic E-state index is -4.22. The molecule has 0 aliphatic heterocycles. The number of rotatable bonds is 3. The van der Waals surface area contributed by atoms with Crippen LogP contribution >= 0.6 is 0 Å². The second-order valence-corrected chi connectivity index (χ2v) is 4.28. The average Bonchev–Trinajstić information content (AvgIpc) is 2.79. The summed E-state index contributed by atoms with van der Waals surface area (Å²) in [7, 11) is 0. The molecule has 1 aliphatic carbocycles. The molecule has 2 rings (SSSR count). The maximum Gasteiger partial charge on any atom is 0.405 e. The third-order valence-corrected chi connectivity index (χ3v) is 2.93. The Labute approximate surface area is 97.5 Å². The van der Waals surface area contributed by atoms with Crippen molar-refractivity contribution in [2.24, 2.45) is 0 Å². The minimum absolute atomic E-state index is 0.249. The van der Waals surface area contributed by atoms with Gasteiger partial charge in [0.15, 0.2) is 0 Å². The zero-order valence-corrected chi connectivity index (χ0v) is 9.30. The number of hydrogen-bond acceptors (Lipinski definition) is 3. The molecule has 0 unspecified atom stereocenters. The molecule has 6 heteroatoms. The number of alkyl halides is 3. The van der Waals surface area contributed by atoms with Gasteiger partial charge in [0.1, 0.15) is 18.7 Å². The lowest BCUT2D eigenvalue weighted by Gasteiger charge is -2.11. The third kappa shape index (κ3) is 3.57. The van der Waals surface area contributed by atoms with Crippen LogP contribution in [0.2, 0.25) is 0 Å². The van der Waals surface area contributed by atoms with Gasteiger partial charge in [-0.3, -0.25) is 0 Å². The summed E-state index contributed by atoms with van der Waals surface area (Å²) in [6.45, 7) is -1.06. The van der Waals surface area contributed by atoms with Gasteiger partial charge in [-0.1, -0.05) is 12.8 Å². The Balaban J connectivity index is 2.01. The van der Waals surface area contributed by atoms with Crippen LogP contribution in [-0.4, -0.2) is 22.7 Å². The Morgan fingerprint density at radius 1 is 1.24 bits per heavy atom. The van der Waals surface area contributed by atoms with Gasteiger partial charge in [0.05, 0.1) is 0 Å². The highest BCUT2D eigenvalue weighted by atomic mass is 19.4. The quantitative estimate of drug-likeness (QED) is 0.889. The molecule has 0 amide bonds. The number of aromatic nitrogens is 2. The molecule has 3 nitrogen and oxygen atoms in total. The zero-order valence-electron chi connectivity index (χ0n) is 9.30. The molecule has 1 aromatic rings. The van der Waals surface area contributed by atoms with Gasteiger partial charge in [0, 0.05) is 17.7 Å². The highest BCUT2D eigenvalue weighted by molar-refractivity contribution is 5.36. The van der Waals surface area contributed by atoms with Crippen molar-refractivity contribution >= 4 is 5.82 Å². The van der Waals surface area contributed by atoms with Crippen LogP contribution in [0.3, 0.4) is 0 Å². The summed E-state index contributed by atoms with van der Waals surface area (Å²) < 4.78 is 36.1. The van der Waals surface area contributed by atoms with Crippen LogP contribution in [0.5, 0.6) is 0 Å². The standard InChI is InChI=1S/C11H14F3N3/c12-11(13,14)6-15-10-5-9(16-7-17-10)8-3-1-2-4-8/h5,7-8H,1-4,6H2,(H,15,16,17). The van der Waals surface area contributed by atoms with Crippen LogP contribution in [0.1, 0.15) is 37.3 Å². The first-order valence-electron chi connectivity index (χ1n) is 5.67. The summed E-state index contributed by atoms with van der Waals surface area (Å²) in [5.41, 5.74) is 0.849. The fourth-order valence-corrected chi connectivity index (χ4v) is 2.10. The molecule has 1 aliphatic rings. The predicted molar refractivity (Wildman–Crippen MR) is 57.8 cm³/mol. The summed E-state index contributed by atoms with van der Waals surface area (Å²) in [6.07, 6.45) is 1.57. The summed E-state index contributed by atoms with van der Waals surface area (Å²) in [6, 6.07) is 1.63. The number of nitrogens with zero attached hydrogens (tertiary/aromatic N) is 2. The molecule has 0 aromatic carbocycles. The molecule has 1 aromatic heterocycles. The van der Waals surface area contributed by atoms with Crippen LogP contribution in [0, 0.1) is 0 Å². The zero-order chi connectivity index (χ0) is 12.3. The molecule has 94 valence electrons. The van der Waals surface area contributed by atoms with Crippen molar-refractivity contribution in [2.45, 2.75) is 37.8 Å². The Bertz CT molecular complexity index is 372. The largest absolute Gasteiger partial charge is 0.405 e. The number of hydrogen-bond donors (Lipinski definition) is 1. The molecular formula is C11H14F3N3. The van der Waals surface area contributed by atoms with Crippen LogP contribution in [0.25, 0.3) is 0 Å². The van der Waals surface area contributed by atoms with Crippen molar-refractivity contribution in [2.75, 3.05) is 11.9 Å². The van der Waals surface area contributed by atoms with E-state index in [-0.39, 0.29) is 5.82 Å². The van der Waals surface area contributed by atoms with Crippen LogP contribution in [0.4, 0.5) is 19.0 Å². The van der Waals surface area contributed by atoms with Gasteiger partial charge >= 0.3 is 6.18 Å². The summed E-state index contributed by atoms with van der Waals surface area (Å²) in [4.78, 5) is 7.93. The molecule has 0 bridgehead atoms. The topological polar surface area (TPSA) is 37.8 Å². The van der Waals surface area contributed by atoms with Crippen molar-refractivity contribution in [1.82, 2.24) is 9.97 Å². The van der Waals surface area contributed by atoms with Crippen LogP contribution in [-0.2, 0) is 0 Å². The Hall–Kier alpha value is -1.33. The van der Waals surface area contributed by atoms with E-state index in [0.29, 0.717) is 5.92 Å². The van der Waals surface area contributed by atoms with E-state index in [0.717, 1.165) is 18.5 Å². The van der Waals surface area contributed by atoms with Crippen molar-refractivity contribution in [1.29, 1.82) is 0 Å². The van der Waals surface area contributed by atoms with E-state index in [2.05, 4.69) is 15.3 Å². The van der Waals surface area contributed by atoms with Crippen molar-refractivity contribution in [3.63, 3.8) is 0 Å². The van der Waals surface area contributed by atoms with Crippen molar-refractivity contribution in [3.8, 4) is 0 Å². The SMILES string of the molecule is FC(F)(F)CNc1cc(C2CCCC2)ncn1. The lowest BCUT2D eigenvalue weighted by atomic mass is 10.0. The third-order valence-electron chi connectivity index (χ3n) is 2.93. The molecule has 1 heterocycles. The van der Waals surface area contributed by atoms with E-state index in [1.807, 2.05) is 0 Å². The first kappa shape index (κ1) is 12.1. The molecular weight excluding hydrogens is 231 g/mol. The molecule has 1 saturated carbocycles. The Morgan fingerprint density at radius 3 is 2.59 bits per heavy atom. The molecule has 0 atom stereocenters. The lowest BCUT2D eigenvalue weighted by Crippen LogP contribution is -2.22. The van der Waals surface area contributed by atoms with E-state index in [1.54, 1.807) is 6.07 Å². The van der Waals surface area contributed by atoms with Gasteiger partial charge in [-0.05, 0) is 12.8 Å². The highest BCUT2D eigenvalue weighted by Crippen LogP contribution is 2.33. The average molecular weight is 245 g/mol. The number of halogens is 3. The van der Waals surface area contributed by atoms with Gasteiger partial charge in [-0.15, -0.1) is 0 Å². The molecule has 0 spiro atoms. The van der Waals surface area contributed by atoms with E-state index >= 15 is 0 Å². The van der Waals surface area contributed by atoms with Gasteiger partial charge in [-0.2, -0.15) is 13.2 Å². The molecule has 1 fully saturated rings. The fourth-order valence-electron chi connectivity index (χ4n) is 2.10. The van der Waals surface area contributed by atoms with E-state index in [4.69, 9.17) is 0 Å². The molecule has 0 radical (unpaired) electrons. The Kier molecular flexibility index (Phi) is 3.49. The number of nitrogens with one attached hydrogen (secondary N) is 1. The van der Waals surface area contributed by atoms with E-state index in [9.17, 15) is 13.2 Å².